The molecule has 0 radical (unpaired) electrons. The van der Waals surface area contributed by atoms with E-state index in [4.69, 9.17) is 9.47 Å². The van der Waals surface area contributed by atoms with Crippen LogP contribution in [0, 0.1) is 0 Å². The first-order valence-electron chi connectivity index (χ1n) is 7.94. The lowest BCUT2D eigenvalue weighted by Crippen LogP contribution is -2.26. The quantitative estimate of drug-likeness (QED) is 0.664. The van der Waals surface area contributed by atoms with Crippen molar-refractivity contribution >= 4 is 16.9 Å². The lowest BCUT2D eigenvalue weighted by molar-refractivity contribution is 0.0937. The minimum Gasteiger partial charge on any atom is -0.497 e. The van der Waals surface area contributed by atoms with Gasteiger partial charge < -0.3 is 14.8 Å². The van der Waals surface area contributed by atoms with E-state index in [1.165, 1.54) is 0 Å². The summed E-state index contributed by atoms with van der Waals surface area (Å²) in [6, 6.07) is 13.2. The number of amides is 1. The molecule has 0 spiro atoms. The molecule has 3 rings (SSSR count). The Hall–Kier alpha value is -2.93. The van der Waals surface area contributed by atoms with Crippen molar-refractivity contribution < 1.29 is 14.3 Å². The largest absolute Gasteiger partial charge is 0.497 e. The number of hydrogen-bond acceptors (Lipinski definition) is 5. The Morgan fingerprint density at radius 3 is 2.68 bits per heavy atom. The van der Waals surface area contributed by atoms with Crippen LogP contribution < -0.4 is 10.1 Å². The fourth-order valence-electron chi connectivity index (χ4n) is 2.50. The van der Waals surface area contributed by atoms with Crippen LogP contribution in [-0.2, 0) is 11.3 Å². The smallest absolute Gasteiger partial charge is 0.251 e. The fourth-order valence-corrected chi connectivity index (χ4v) is 2.50. The van der Waals surface area contributed by atoms with Crippen molar-refractivity contribution in [1.29, 1.82) is 0 Å². The standard InChI is InChI=1S/C18H20N4O3/c1-24-10-9-19-18(23)14-5-8-17-16(11-14)20-21-22(17)12-13-3-6-15(25-2)7-4-13/h3-8,11H,9-10,12H2,1-2H3,(H,19,23). The number of rotatable bonds is 7. The number of nitrogens with one attached hydrogen (secondary N) is 1. The first-order valence-corrected chi connectivity index (χ1v) is 7.94. The van der Waals surface area contributed by atoms with Crippen LogP contribution in [-0.4, -0.2) is 48.3 Å². The number of aromatic nitrogens is 3. The molecule has 0 saturated carbocycles. The van der Waals surface area contributed by atoms with E-state index in [1.807, 2.05) is 35.0 Å². The normalized spacial score (nSPS) is 10.8. The maximum absolute atomic E-state index is 12.1. The van der Waals surface area contributed by atoms with Crippen LogP contribution in [0.15, 0.2) is 42.5 Å². The van der Waals surface area contributed by atoms with Gasteiger partial charge in [-0.2, -0.15) is 0 Å². The summed E-state index contributed by atoms with van der Waals surface area (Å²) in [7, 11) is 3.24. The Balaban J connectivity index is 1.76. The molecule has 25 heavy (non-hydrogen) atoms. The third-order valence-electron chi connectivity index (χ3n) is 3.86. The zero-order valence-electron chi connectivity index (χ0n) is 14.2. The highest BCUT2D eigenvalue weighted by Crippen LogP contribution is 2.17. The summed E-state index contributed by atoms with van der Waals surface area (Å²) in [6.07, 6.45) is 0. The first kappa shape index (κ1) is 16.9. The van der Waals surface area contributed by atoms with E-state index in [1.54, 1.807) is 26.4 Å². The molecule has 0 aliphatic heterocycles. The second-order valence-electron chi connectivity index (χ2n) is 5.55. The van der Waals surface area contributed by atoms with Gasteiger partial charge in [0.25, 0.3) is 5.91 Å². The molecule has 130 valence electrons. The van der Waals surface area contributed by atoms with Crippen molar-refractivity contribution in [3.63, 3.8) is 0 Å². The van der Waals surface area contributed by atoms with Gasteiger partial charge in [-0.3, -0.25) is 4.79 Å². The average Bonchev–Trinajstić information content (AvgIpc) is 3.04. The Morgan fingerprint density at radius 2 is 1.96 bits per heavy atom. The van der Waals surface area contributed by atoms with Gasteiger partial charge in [0.1, 0.15) is 11.3 Å². The molecule has 1 N–H and O–H groups in total. The minimum atomic E-state index is -0.149. The topological polar surface area (TPSA) is 78.3 Å². The second-order valence-corrected chi connectivity index (χ2v) is 5.55. The van der Waals surface area contributed by atoms with Crippen LogP contribution in [0.5, 0.6) is 5.75 Å². The van der Waals surface area contributed by atoms with Crippen molar-refractivity contribution in [2.75, 3.05) is 27.4 Å². The van der Waals surface area contributed by atoms with Crippen LogP contribution in [0.2, 0.25) is 0 Å². The molecular formula is C18H20N4O3. The molecule has 7 nitrogen and oxygen atoms in total. The van der Waals surface area contributed by atoms with Gasteiger partial charge in [-0.25, -0.2) is 4.68 Å². The van der Waals surface area contributed by atoms with E-state index in [0.717, 1.165) is 16.8 Å². The fraction of sp³-hybridized carbons (Fsp3) is 0.278. The number of nitrogens with zero attached hydrogens (tertiary/aromatic N) is 3. The van der Waals surface area contributed by atoms with E-state index < -0.39 is 0 Å². The molecule has 2 aromatic carbocycles. The molecule has 1 aromatic heterocycles. The van der Waals surface area contributed by atoms with Crippen LogP contribution in [0.1, 0.15) is 15.9 Å². The molecule has 0 aliphatic rings. The Bertz CT molecular complexity index is 858. The van der Waals surface area contributed by atoms with Gasteiger partial charge in [-0.05, 0) is 35.9 Å². The van der Waals surface area contributed by atoms with Crippen molar-refractivity contribution in [2.24, 2.45) is 0 Å². The molecule has 0 atom stereocenters. The first-order chi connectivity index (χ1) is 12.2. The lowest BCUT2D eigenvalue weighted by atomic mass is 10.1. The molecule has 0 saturated heterocycles. The predicted molar refractivity (Wildman–Crippen MR) is 93.8 cm³/mol. The SMILES string of the molecule is COCCNC(=O)c1ccc2c(c1)nnn2Cc1ccc(OC)cc1. The molecule has 1 heterocycles. The van der Waals surface area contributed by atoms with Crippen LogP contribution >= 0.6 is 0 Å². The van der Waals surface area contributed by atoms with Gasteiger partial charge in [0, 0.05) is 19.2 Å². The van der Waals surface area contributed by atoms with Crippen LogP contribution in [0.4, 0.5) is 0 Å². The molecule has 0 aliphatic carbocycles. The van der Waals surface area contributed by atoms with Gasteiger partial charge in [0.05, 0.1) is 25.8 Å². The summed E-state index contributed by atoms with van der Waals surface area (Å²) < 4.78 is 11.9. The molecule has 0 unspecified atom stereocenters. The Kier molecular flexibility index (Phi) is 5.25. The van der Waals surface area contributed by atoms with Crippen molar-refractivity contribution in [2.45, 2.75) is 6.54 Å². The summed E-state index contributed by atoms with van der Waals surface area (Å²) in [5.74, 6) is 0.667. The molecule has 1 amide bonds. The zero-order valence-corrected chi connectivity index (χ0v) is 14.2. The van der Waals surface area contributed by atoms with E-state index in [9.17, 15) is 4.79 Å². The third kappa shape index (κ3) is 3.95. The molecule has 7 heteroatoms. The van der Waals surface area contributed by atoms with E-state index in [0.29, 0.717) is 30.8 Å². The number of fused-ring (bicyclic) bond motifs is 1. The monoisotopic (exact) mass is 340 g/mol. The number of carbonyl (C=O) groups excluding carboxylic acids is 1. The Labute approximate surface area is 145 Å². The van der Waals surface area contributed by atoms with Crippen molar-refractivity contribution in [1.82, 2.24) is 20.3 Å². The maximum Gasteiger partial charge on any atom is 0.251 e. The summed E-state index contributed by atoms with van der Waals surface area (Å²) >= 11 is 0. The lowest BCUT2D eigenvalue weighted by Gasteiger charge is -2.06. The van der Waals surface area contributed by atoms with Crippen LogP contribution in [0.25, 0.3) is 11.0 Å². The third-order valence-corrected chi connectivity index (χ3v) is 3.86. The number of benzene rings is 2. The van der Waals surface area contributed by atoms with Gasteiger partial charge in [-0.1, -0.05) is 17.3 Å². The Morgan fingerprint density at radius 1 is 1.16 bits per heavy atom. The predicted octanol–water partition coefficient (Wildman–Crippen LogP) is 1.86. The van der Waals surface area contributed by atoms with Gasteiger partial charge in [0.2, 0.25) is 0 Å². The molecule has 3 aromatic rings. The minimum absolute atomic E-state index is 0.149. The summed E-state index contributed by atoms with van der Waals surface area (Å²) in [6.45, 7) is 1.55. The van der Waals surface area contributed by atoms with Gasteiger partial charge in [-0.15, -0.1) is 5.10 Å². The van der Waals surface area contributed by atoms with Crippen LogP contribution in [0.3, 0.4) is 0 Å². The summed E-state index contributed by atoms with van der Waals surface area (Å²) in [5, 5.41) is 11.2. The molecule has 0 bridgehead atoms. The second kappa shape index (κ2) is 7.76. The highest BCUT2D eigenvalue weighted by molar-refractivity contribution is 5.97. The molecule has 0 fully saturated rings. The summed E-state index contributed by atoms with van der Waals surface area (Å²) in [5.41, 5.74) is 3.21. The van der Waals surface area contributed by atoms with Gasteiger partial charge >= 0.3 is 0 Å². The number of carbonyl (C=O) groups is 1. The zero-order chi connectivity index (χ0) is 17.6. The van der Waals surface area contributed by atoms with Crippen molar-refractivity contribution in [3.8, 4) is 5.75 Å². The van der Waals surface area contributed by atoms with Gasteiger partial charge in [0.15, 0.2) is 0 Å². The highest BCUT2D eigenvalue weighted by atomic mass is 16.5. The van der Waals surface area contributed by atoms with E-state index in [-0.39, 0.29) is 5.91 Å². The number of ether oxygens (including phenoxy) is 2. The van der Waals surface area contributed by atoms with E-state index in [2.05, 4.69) is 15.6 Å². The highest BCUT2D eigenvalue weighted by Gasteiger charge is 2.10. The molecular weight excluding hydrogens is 320 g/mol. The van der Waals surface area contributed by atoms with E-state index >= 15 is 0 Å². The van der Waals surface area contributed by atoms with Crippen molar-refractivity contribution in [3.05, 3.63) is 53.6 Å². The average molecular weight is 340 g/mol. The number of hydrogen-bond donors (Lipinski definition) is 1. The number of methoxy groups -OCH3 is 2. The summed E-state index contributed by atoms with van der Waals surface area (Å²) in [4.78, 5) is 12.1. The maximum atomic E-state index is 12.1.